The molecule has 1 saturated heterocycles. The van der Waals surface area contributed by atoms with Gasteiger partial charge in [0.1, 0.15) is 5.75 Å². The Bertz CT molecular complexity index is 1200. The molecule has 168 valence electrons. The van der Waals surface area contributed by atoms with Gasteiger partial charge < -0.3 is 28.8 Å². The van der Waals surface area contributed by atoms with Crippen molar-refractivity contribution in [2.24, 2.45) is 7.05 Å². The first-order valence-electron chi connectivity index (χ1n) is 11.1. The van der Waals surface area contributed by atoms with Crippen LogP contribution in [0.1, 0.15) is 22.9 Å². The van der Waals surface area contributed by atoms with Gasteiger partial charge in [-0.3, -0.25) is 4.90 Å². The number of likely N-dealkylation sites (N-methyl/N-ethyl adjacent to an activating group) is 1. The Hall–Kier alpha value is -2.74. The molecule has 0 unspecified atom stereocenters. The molecule has 1 N–H and O–H groups in total. The van der Waals surface area contributed by atoms with Gasteiger partial charge >= 0.3 is 0 Å². The average molecular weight is 436 g/mol. The van der Waals surface area contributed by atoms with Crippen LogP contribution in [0.5, 0.6) is 17.2 Å². The van der Waals surface area contributed by atoms with Crippen molar-refractivity contribution in [2.45, 2.75) is 18.0 Å². The Balaban J connectivity index is 1.46. The molecule has 32 heavy (non-hydrogen) atoms. The molecule has 7 heteroatoms. The number of aliphatic hydroxyl groups excluding tert-OH is 1. The second-order valence-corrected chi connectivity index (χ2v) is 9.45. The fourth-order valence-electron chi connectivity index (χ4n) is 6.15. The number of aromatic nitrogens is 1. The predicted octanol–water partition coefficient (Wildman–Crippen LogP) is 2.65. The molecule has 0 aliphatic carbocycles. The van der Waals surface area contributed by atoms with E-state index in [-0.39, 0.29) is 24.9 Å². The summed E-state index contributed by atoms with van der Waals surface area (Å²) in [5, 5.41) is 11.8. The van der Waals surface area contributed by atoms with Crippen LogP contribution in [-0.2, 0) is 19.0 Å². The minimum atomic E-state index is -0.0738. The molecule has 0 saturated carbocycles. The monoisotopic (exact) mass is 435 g/mol. The summed E-state index contributed by atoms with van der Waals surface area (Å²) in [5.74, 6) is 2.46. The molecule has 2 aromatic carbocycles. The predicted molar refractivity (Wildman–Crippen MR) is 121 cm³/mol. The number of hydrogen-bond acceptors (Lipinski definition) is 6. The molecule has 1 atom stereocenters. The summed E-state index contributed by atoms with van der Waals surface area (Å²) in [4.78, 5) is 4.81. The number of methoxy groups -OCH3 is 1. The van der Waals surface area contributed by atoms with Gasteiger partial charge in [0.15, 0.2) is 11.5 Å². The molecule has 1 spiro atoms. The van der Waals surface area contributed by atoms with Crippen LogP contribution in [0.2, 0.25) is 0 Å². The van der Waals surface area contributed by atoms with Gasteiger partial charge in [-0.15, -0.1) is 0 Å². The summed E-state index contributed by atoms with van der Waals surface area (Å²) in [5.41, 5.74) is 5.00. The summed E-state index contributed by atoms with van der Waals surface area (Å²) < 4.78 is 18.8. The first-order valence-corrected chi connectivity index (χ1v) is 11.1. The summed E-state index contributed by atoms with van der Waals surface area (Å²) in [6.07, 6.45) is 0. The zero-order valence-corrected chi connectivity index (χ0v) is 18.8. The first-order chi connectivity index (χ1) is 15.5. The number of nitrogens with zero attached hydrogens (tertiary/aromatic N) is 3. The third-order valence-electron chi connectivity index (χ3n) is 7.39. The molecule has 3 aromatic rings. The molecule has 0 bridgehead atoms. The molecule has 4 heterocycles. The number of benzene rings is 2. The Labute approximate surface area is 187 Å². The van der Waals surface area contributed by atoms with Crippen molar-refractivity contribution in [1.29, 1.82) is 0 Å². The summed E-state index contributed by atoms with van der Waals surface area (Å²) >= 11 is 0. The number of ether oxygens (including phenoxy) is 3. The molecule has 3 aliphatic rings. The van der Waals surface area contributed by atoms with Crippen molar-refractivity contribution in [1.82, 2.24) is 14.4 Å². The molecule has 6 rings (SSSR count). The van der Waals surface area contributed by atoms with Crippen molar-refractivity contribution in [3.05, 3.63) is 53.2 Å². The fourth-order valence-corrected chi connectivity index (χ4v) is 6.15. The van der Waals surface area contributed by atoms with E-state index in [1.807, 2.05) is 12.1 Å². The number of hydrogen-bond donors (Lipinski definition) is 1. The van der Waals surface area contributed by atoms with Crippen molar-refractivity contribution in [3.8, 4) is 17.2 Å². The third-order valence-corrected chi connectivity index (χ3v) is 7.39. The summed E-state index contributed by atoms with van der Waals surface area (Å²) in [6, 6.07) is 12.4. The molecule has 1 fully saturated rings. The number of likely N-dealkylation sites (tertiary alicyclic amines) is 1. The van der Waals surface area contributed by atoms with E-state index in [0.717, 1.165) is 48.9 Å². The van der Waals surface area contributed by atoms with Gasteiger partial charge in [-0.1, -0.05) is 6.07 Å². The Morgan fingerprint density at radius 2 is 1.88 bits per heavy atom. The maximum atomic E-state index is 10.6. The Morgan fingerprint density at radius 3 is 2.62 bits per heavy atom. The zero-order chi connectivity index (χ0) is 22.0. The van der Waals surface area contributed by atoms with E-state index in [1.165, 1.54) is 22.2 Å². The van der Waals surface area contributed by atoms with E-state index < -0.39 is 0 Å². The van der Waals surface area contributed by atoms with Gasteiger partial charge in [0.2, 0.25) is 6.79 Å². The maximum absolute atomic E-state index is 10.6. The van der Waals surface area contributed by atoms with Crippen LogP contribution in [0, 0.1) is 0 Å². The number of aryl methyl sites for hydroxylation is 1. The number of aliphatic hydroxyl groups is 1. The number of rotatable bonds is 4. The van der Waals surface area contributed by atoms with E-state index in [2.05, 4.69) is 52.7 Å². The highest BCUT2D eigenvalue weighted by Crippen LogP contribution is 2.49. The van der Waals surface area contributed by atoms with Crippen molar-refractivity contribution in [3.63, 3.8) is 0 Å². The van der Waals surface area contributed by atoms with Crippen LogP contribution in [0.3, 0.4) is 0 Å². The summed E-state index contributed by atoms with van der Waals surface area (Å²) in [7, 11) is 6.00. The van der Waals surface area contributed by atoms with E-state index in [9.17, 15) is 5.11 Å². The van der Waals surface area contributed by atoms with Crippen molar-refractivity contribution >= 4 is 10.9 Å². The molecule has 0 radical (unpaired) electrons. The maximum Gasteiger partial charge on any atom is 0.231 e. The Morgan fingerprint density at radius 1 is 1.06 bits per heavy atom. The van der Waals surface area contributed by atoms with Crippen molar-refractivity contribution in [2.75, 3.05) is 47.2 Å². The molecule has 7 nitrogen and oxygen atoms in total. The van der Waals surface area contributed by atoms with Gasteiger partial charge in [0.25, 0.3) is 0 Å². The molecule has 0 amide bonds. The van der Waals surface area contributed by atoms with E-state index in [1.54, 1.807) is 7.11 Å². The second kappa shape index (κ2) is 7.13. The molecular formula is C25H29N3O4. The third kappa shape index (κ3) is 2.78. The van der Waals surface area contributed by atoms with E-state index in [0.29, 0.717) is 0 Å². The lowest BCUT2D eigenvalue weighted by atomic mass is 9.69. The average Bonchev–Trinajstić information content (AvgIpc) is 3.35. The first kappa shape index (κ1) is 19.9. The smallest absolute Gasteiger partial charge is 0.231 e. The van der Waals surface area contributed by atoms with Gasteiger partial charge in [-0.05, 0) is 42.4 Å². The number of fused-ring (bicyclic) bond motifs is 5. The topological polar surface area (TPSA) is 59.3 Å². The van der Waals surface area contributed by atoms with Crippen LogP contribution >= 0.6 is 0 Å². The van der Waals surface area contributed by atoms with Crippen LogP contribution in [0.4, 0.5) is 0 Å². The van der Waals surface area contributed by atoms with Gasteiger partial charge in [-0.25, -0.2) is 0 Å². The standard InChI is InChI=1S/C25H29N3O4/c1-26-12-25(13-26)14-28(10-16-4-7-21-22(8-16)32-15-31-21)20(11-29)24-23(25)18-6-5-17(30-3)9-19(18)27(24)2/h4-9,20,29H,10-15H2,1-3H3/t20-/m1/s1. The zero-order valence-electron chi connectivity index (χ0n) is 18.8. The highest BCUT2D eigenvalue weighted by atomic mass is 16.7. The van der Waals surface area contributed by atoms with Gasteiger partial charge in [-0.2, -0.15) is 0 Å². The van der Waals surface area contributed by atoms with Crippen LogP contribution < -0.4 is 14.2 Å². The minimum Gasteiger partial charge on any atom is -0.497 e. The van der Waals surface area contributed by atoms with Crippen LogP contribution in [0.15, 0.2) is 36.4 Å². The molecule has 3 aliphatic heterocycles. The molecule has 1 aromatic heterocycles. The van der Waals surface area contributed by atoms with Gasteiger partial charge in [0, 0.05) is 55.8 Å². The lowest BCUT2D eigenvalue weighted by Crippen LogP contribution is -2.65. The largest absolute Gasteiger partial charge is 0.497 e. The second-order valence-electron chi connectivity index (χ2n) is 9.45. The summed E-state index contributed by atoms with van der Waals surface area (Å²) in [6.45, 7) is 4.04. The SMILES string of the molecule is COc1ccc2c3c(n(C)c2c1)[C@@H](CO)N(Cc1ccc2c(c1)OCO2)CC31CN(C)C1. The normalized spacial score (nSPS) is 21.7. The highest BCUT2D eigenvalue weighted by molar-refractivity contribution is 5.89. The highest BCUT2D eigenvalue weighted by Gasteiger charge is 2.52. The fraction of sp³-hybridized carbons (Fsp3) is 0.440. The molecular weight excluding hydrogens is 406 g/mol. The van der Waals surface area contributed by atoms with E-state index >= 15 is 0 Å². The Kier molecular flexibility index (Phi) is 4.44. The quantitative estimate of drug-likeness (QED) is 0.680. The van der Waals surface area contributed by atoms with Gasteiger partial charge in [0.05, 0.1) is 25.3 Å². The van der Waals surface area contributed by atoms with E-state index in [4.69, 9.17) is 14.2 Å². The lowest BCUT2D eigenvalue weighted by Gasteiger charge is -2.55. The van der Waals surface area contributed by atoms with Crippen molar-refractivity contribution < 1.29 is 19.3 Å². The lowest BCUT2D eigenvalue weighted by molar-refractivity contribution is 0.00291. The van der Waals surface area contributed by atoms with Crippen LogP contribution in [-0.4, -0.2) is 66.7 Å². The minimum absolute atomic E-state index is 0.0557. The van der Waals surface area contributed by atoms with Crippen LogP contribution in [0.25, 0.3) is 10.9 Å².